The van der Waals surface area contributed by atoms with Crippen LogP contribution in [0.4, 0.5) is 5.69 Å². The van der Waals surface area contributed by atoms with Gasteiger partial charge in [0.25, 0.3) is 0 Å². The third-order valence-electron chi connectivity index (χ3n) is 4.72. The van der Waals surface area contributed by atoms with Crippen molar-refractivity contribution in [3.05, 3.63) is 66.1 Å². The first-order chi connectivity index (χ1) is 12.8. The normalized spacial score (nSPS) is 13.8. The number of hydrogen-bond acceptors (Lipinski definition) is 4. The van der Waals surface area contributed by atoms with E-state index >= 15 is 0 Å². The lowest BCUT2D eigenvalue weighted by atomic mass is 10.0. The number of rotatable bonds is 4. The molecule has 1 aliphatic rings. The minimum absolute atomic E-state index is 0.105. The maximum Gasteiger partial charge on any atom is 0.241 e. The molecule has 0 saturated carbocycles. The molecular weight excluding hydrogens is 326 g/mol. The summed E-state index contributed by atoms with van der Waals surface area (Å²) in [6.07, 6.45) is 5.05. The molecule has 0 atom stereocenters. The summed E-state index contributed by atoms with van der Waals surface area (Å²) < 4.78 is 0. The van der Waals surface area contributed by atoms with Crippen LogP contribution in [0.2, 0.25) is 0 Å². The van der Waals surface area contributed by atoms with Crippen molar-refractivity contribution in [1.82, 2.24) is 20.1 Å². The standard InChI is InChI=1S/C20H21N5O/c26-19(14-22-16-7-4-10-21-13-16)25-11-8-17-18(9-12-25)23-24-20(17)15-5-2-1-3-6-15/h1-7,10,13,22H,8-9,11-12,14H2,(H,23,24). The molecule has 3 heterocycles. The van der Waals surface area contributed by atoms with E-state index in [0.717, 1.165) is 35.5 Å². The third kappa shape index (κ3) is 3.44. The number of fused-ring (bicyclic) bond motifs is 1. The largest absolute Gasteiger partial charge is 0.375 e. The van der Waals surface area contributed by atoms with E-state index < -0.39 is 0 Å². The highest BCUT2D eigenvalue weighted by molar-refractivity contribution is 5.81. The second-order valence-corrected chi connectivity index (χ2v) is 6.37. The van der Waals surface area contributed by atoms with Gasteiger partial charge in [0.1, 0.15) is 0 Å². The van der Waals surface area contributed by atoms with Gasteiger partial charge in [-0.25, -0.2) is 0 Å². The fraction of sp³-hybridized carbons (Fsp3) is 0.250. The molecule has 0 unspecified atom stereocenters. The number of hydrogen-bond donors (Lipinski definition) is 2. The number of aromatic nitrogens is 3. The summed E-state index contributed by atoms with van der Waals surface area (Å²) in [5.41, 5.74) is 5.34. The quantitative estimate of drug-likeness (QED) is 0.760. The molecule has 132 valence electrons. The summed E-state index contributed by atoms with van der Waals surface area (Å²) in [6, 6.07) is 13.9. The third-order valence-corrected chi connectivity index (χ3v) is 4.72. The van der Waals surface area contributed by atoms with Crippen molar-refractivity contribution in [2.45, 2.75) is 12.8 Å². The van der Waals surface area contributed by atoms with Gasteiger partial charge < -0.3 is 10.2 Å². The smallest absolute Gasteiger partial charge is 0.241 e. The minimum atomic E-state index is 0.105. The van der Waals surface area contributed by atoms with Gasteiger partial charge in [-0.3, -0.25) is 14.9 Å². The van der Waals surface area contributed by atoms with Gasteiger partial charge in [-0.05, 0) is 18.6 Å². The van der Waals surface area contributed by atoms with Crippen molar-refractivity contribution in [2.24, 2.45) is 0 Å². The topological polar surface area (TPSA) is 73.9 Å². The van der Waals surface area contributed by atoms with E-state index in [1.807, 2.05) is 35.2 Å². The summed E-state index contributed by atoms with van der Waals surface area (Å²) in [7, 11) is 0. The van der Waals surface area contributed by atoms with Gasteiger partial charge >= 0.3 is 0 Å². The Balaban J connectivity index is 1.42. The van der Waals surface area contributed by atoms with Crippen LogP contribution in [-0.4, -0.2) is 45.6 Å². The number of benzene rings is 1. The Morgan fingerprint density at radius 2 is 1.96 bits per heavy atom. The van der Waals surface area contributed by atoms with Gasteiger partial charge in [0.15, 0.2) is 0 Å². The lowest BCUT2D eigenvalue weighted by molar-refractivity contribution is -0.129. The first-order valence-corrected chi connectivity index (χ1v) is 8.84. The predicted molar refractivity (Wildman–Crippen MR) is 101 cm³/mol. The monoisotopic (exact) mass is 347 g/mol. The average Bonchev–Trinajstić information content (AvgIpc) is 2.99. The number of carbonyl (C=O) groups is 1. The summed E-state index contributed by atoms with van der Waals surface area (Å²) in [5, 5.41) is 10.8. The highest BCUT2D eigenvalue weighted by Gasteiger charge is 2.22. The van der Waals surface area contributed by atoms with Gasteiger partial charge in [-0.2, -0.15) is 5.10 Å². The molecule has 0 fully saturated rings. The fourth-order valence-corrected chi connectivity index (χ4v) is 3.32. The molecule has 2 N–H and O–H groups in total. The first kappa shape index (κ1) is 16.3. The number of nitrogens with zero attached hydrogens (tertiary/aromatic N) is 3. The van der Waals surface area contributed by atoms with E-state index in [1.54, 1.807) is 12.4 Å². The Morgan fingerprint density at radius 3 is 2.77 bits per heavy atom. The van der Waals surface area contributed by atoms with Gasteiger partial charge in [0, 0.05) is 48.7 Å². The van der Waals surface area contributed by atoms with Crippen molar-refractivity contribution in [1.29, 1.82) is 0 Å². The number of nitrogens with one attached hydrogen (secondary N) is 2. The number of pyridine rings is 1. The molecule has 1 aromatic carbocycles. The summed E-state index contributed by atoms with van der Waals surface area (Å²) in [5.74, 6) is 0.105. The summed E-state index contributed by atoms with van der Waals surface area (Å²) in [6.45, 7) is 1.69. The Morgan fingerprint density at radius 1 is 1.12 bits per heavy atom. The lowest BCUT2D eigenvalue weighted by Crippen LogP contribution is -2.37. The molecule has 6 nitrogen and oxygen atoms in total. The van der Waals surface area contributed by atoms with Gasteiger partial charge in [0.05, 0.1) is 17.9 Å². The predicted octanol–water partition coefficient (Wildman–Crippen LogP) is 2.51. The van der Waals surface area contributed by atoms with Crippen molar-refractivity contribution in [2.75, 3.05) is 25.0 Å². The van der Waals surface area contributed by atoms with Crippen LogP contribution in [0.15, 0.2) is 54.9 Å². The van der Waals surface area contributed by atoms with E-state index in [2.05, 4.69) is 32.6 Å². The van der Waals surface area contributed by atoms with Gasteiger partial charge in [-0.15, -0.1) is 0 Å². The van der Waals surface area contributed by atoms with Crippen LogP contribution in [-0.2, 0) is 17.6 Å². The second-order valence-electron chi connectivity index (χ2n) is 6.37. The van der Waals surface area contributed by atoms with Crippen LogP contribution < -0.4 is 5.32 Å². The molecule has 4 rings (SSSR count). The van der Waals surface area contributed by atoms with Crippen LogP contribution in [0.25, 0.3) is 11.3 Å². The number of anilines is 1. The Bertz CT molecular complexity index is 876. The first-order valence-electron chi connectivity index (χ1n) is 8.84. The van der Waals surface area contributed by atoms with Crippen molar-refractivity contribution in [3.63, 3.8) is 0 Å². The molecule has 2 aromatic heterocycles. The van der Waals surface area contributed by atoms with E-state index in [1.165, 1.54) is 5.56 Å². The van der Waals surface area contributed by atoms with Crippen LogP contribution >= 0.6 is 0 Å². The fourth-order valence-electron chi connectivity index (χ4n) is 3.32. The second kappa shape index (κ2) is 7.39. The summed E-state index contributed by atoms with van der Waals surface area (Å²) in [4.78, 5) is 18.5. The van der Waals surface area contributed by atoms with Crippen LogP contribution in [0.3, 0.4) is 0 Å². The lowest BCUT2D eigenvalue weighted by Gasteiger charge is -2.20. The average molecular weight is 347 g/mol. The SMILES string of the molecule is O=C(CNc1cccnc1)N1CCc2[nH]nc(-c3ccccc3)c2CC1. The maximum atomic E-state index is 12.6. The molecule has 0 bridgehead atoms. The number of amides is 1. The summed E-state index contributed by atoms with van der Waals surface area (Å²) >= 11 is 0. The van der Waals surface area contributed by atoms with E-state index in [9.17, 15) is 4.79 Å². The zero-order chi connectivity index (χ0) is 17.8. The van der Waals surface area contributed by atoms with Gasteiger partial charge in [0.2, 0.25) is 5.91 Å². The van der Waals surface area contributed by atoms with Crippen molar-refractivity contribution < 1.29 is 4.79 Å². The highest BCUT2D eigenvalue weighted by atomic mass is 16.2. The number of aromatic amines is 1. The van der Waals surface area contributed by atoms with E-state index in [4.69, 9.17) is 0 Å². The zero-order valence-electron chi connectivity index (χ0n) is 14.5. The minimum Gasteiger partial charge on any atom is -0.375 e. The zero-order valence-corrected chi connectivity index (χ0v) is 14.5. The Hall–Kier alpha value is -3.15. The molecule has 6 heteroatoms. The molecular formula is C20H21N5O. The van der Waals surface area contributed by atoms with E-state index in [0.29, 0.717) is 13.1 Å². The molecule has 1 aliphatic heterocycles. The van der Waals surface area contributed by atoms with Crippen LogP contribution in [0.5, 0.6) is 0 Å². The van der Waals surface area contributed by atoms with Crippen LogP contribution in [0, 0.1) is 0 Å². The Kier molecular flexibility index (Phi) is 4.64. The molecule has 1 amide bonds. The molecule has 0 spiro atoms. The molecule has 0 radical (unpaired) electrons. The highest BCUT2D eigenvalue weighted by Crippen LogP contribution is 2.26. The van der Waals surface area contributed by atoms with E-state index in [-0.39, 0.29) is 12.5 Å². The maximum absolute atomic E-state index is 12.6. The number of H-pyrrole nitrogens is 1. The van der Waals surface area contributed by atoms with Gasteiger partial charge in [-0.1, -0.05) is 30.3 Å². The molecule has 0 aliphatic carbocycles. The number of carbonyl (C=O) groups excluding carboxylic acids is 1. The Labute approximate surface area is 152 Å². The molecule has 0 saturated heterocycles. The molecule has 3 aromatic rings. The van der Waals surface area contributed by atoms with Crippen molar-refractivity contribution in [3.8, 4) is 11.3 Å². The molecule has 26 heavy (non-hydrogen) atoms. The van der Waals surface area contributed by atoms with Crippen molar-refractivity contribution >= 4 is 11.6 Å². The van der Waals surface area contributed by atoms with Crippen LogP contribution in [0.1, 0.15) is 11.3 Å².